The minimum absolute atomic E-state index is 0.0673. The number of hydrogen-bond acceptors (Lipinski definition) is 4. The molecule has 31 heavy (non-hydrogen) atoms. The maximum atomic E-state index is 13.3. The van der Waals surface area contributed by atoms with Gasteiger partial charge >= 0.3 is 0 Å². The molecule has 7 heteroatoms. The molecule has 0 bridgehead atoms. The van der Waals surface area contributed by atoms with Gasteiger partial charge in [-0.2, -0.15) is 0 Å². The Morgan fingerprint density at radius 2 is 1.94 bits per heavy atom. The predicted molar refractivity (Wildman–Crippen MR) is 116 cm³/mol. The number of amides is 3. The van der Waals surface area contributed by atoms with Gasteiger partial charge < -0.3 is 15.1 Å². The first-order valence-corrected chi connectivity index (χ1v) is 10.7. The van der Waals surface area contributed by atoms with Crippen LogP contribution < -0.4 is 5.32 Å². The first kappa shape index (κ1) is 21.0. The Labute approximate surface area is 182 Å². The van der Waals surface area contributed by atoms with E-state index in [0.29, 0.717) is 19.5 Å². The lowest BCUT2D eigenvalue weighted by Crippen LogP contribution is -2.55. The van der Waals surface area contributed by atoms with Crippen LogP contribution in [0.2, 0.25) is 0 Å². The summed E-state index contributed by atoms with van der Waals surface area (Å²) in [5, 5.41) is 3.05. The van der Waals surface area contributed by atoms with Gasteiger partial charge in [-0.3, -0.25) is 19.4 Å². The fourth-order valence-corrected chi connectivity index (χ4v) is 4.69. The third kappa shape index (κ3) is 4.17. The van der Waals surface area contributed by atoms with Gasteiger partial charge in [-0.1, -0.05) is 36.4 Å². The van der Waals surface area contributed by atoms with Gasteiger partial charge in [0.2, 0.25) is 17.7 Å². The van der Waals surface area contributed by atoms with Crippen molar-refractivity contribution in [2.24, 2.45) is 5.92 Å². The Hall–Kier alpha value is -3.22. The molecule has 3 amide bonds. The molecule has 1 aromatic heterocycles. The Balaban J connectivity index is 1.57. The lowest BCUT2D eigenvalue weighted by molar-refractivity contribution is -0.148. The monoisotopic (exact) mass is 420 g/mol. The predicted octanol–water partition coefficient (Wildman–Crippen LogP) is 2.14. The molecular formula is C24H28N4O3. The smallest absolute Gasteiger partial charge is 0.243 e. The molecule has 0 unspecified atom stereocenters. The minimum Gasteiger partial charge on any atom is -0.352 e. The third-order valence-electron chi connectivity index (χ3n) is 6.43. The van der Waals surface area contributed by atoms with Crippen molar-refractivity contribution in [1.82, 2.24) is 20.1 Å². The van der Waals surface area contributed by atoms with Crippen molar-refractivity contribution in [1.29, 1.82) is 0 Å². The van der Waals surface area contributed by atoms with Crippen molar-refractivity contribution in [2.45, 2.75) is 45.8 Å². The molecule has 2 saturated heterocycles. The summed E-state index contributed by atoms with van der Waals surface area (Å²) in [6, 6.07) is 11.2. The molecule has 2 fully saturated rings. The Morgan fingerprint density at radius 3 is 2.61 bits per heavy atom. The second-order valence-electron chi connectivity index (χ2n) is 8.52. The SMILES string of the molecule is CC(=O)N1CC(=O)N2[C@@H](C[C@H](C(=O)NCc3cnc(C)c(C)c3)[C@@H]2c2ccccc2)C1. The average Bonchev–Trinajstić information content (AvgIpc) is 3.15. The van der Waals surface area contributed by atoms with E-state index in [0.717, 1.165) is 22.4 Å². The molecule has 2 aromatic rings. The standard InChI is InChI=1S/C24H28N4O3/c1-15-9-18(11-25-16(15)2)12-26-24(31)21-10-20-13-27(17(3)29)14-22(30)28(20)23(21)19-7-5-4-6-8-19/h4-9,11,20-21,23H,10,12-14H2,1-3H3,(H,26,31)/t20-,21-,23-/m0/s1. The second kappa shape index (κ2) is 8.49. The zero-order valence-corrected chi connectivity index (χ0v) is 18.2. The van der Waals surface area contributed by atoms with Crippen molar-refractivity contribution >= 4 is 17.7 Å². The van der Waals surface area contributed by atoms with E-state index in [-0.39, 0.29) is 42.3 Å². The molecule has 162 valence electrons. The van der Waals surface area contributed by atoms with Crippen LogP contribution in [0.25, 0.3) is 0 Å². The summed E-state index contributed by atoms with van der Waals surface area (Å²) in [6.07, 6.45) is 2.32. The highest BCUT2D eigenvalue weighted by atomic mass is 16.2. The number of piperazine rings is 1. The zero-order chi connectivity index (χ0) is 22.1. The van der Waals surface area contributed by atoms with Crippen LogP contribution in [0, 0.1) is 19.8 Å². The highest BCUT2D eigenvalue weighted by molar-refractivity contribution is 5.88. The van der Waals surface area contributed by atoms with Crippen LogP contribution in [0.15, 0.2) is 42.6 Å². The molecule has 2 aliphatic heterocycles. The van der Waals surface area contributed by atoms with E-state index in [2.05, 4.69) is 10.3 Å². The van der Waals surface area contributed by atoms with Crippen molar-refractivity contribution in [3.8, 4) is 0 Å². The number of carbonyl (C=O) groups excluding carboxylic acids is 3. The van der Waals surface area contributed by atoms with Crippen LogP contribution in [0.5, 0.6) is 0 Å². The molecule has 0 saturated carbocycles. The van der Waals surface area contributed by atoms with Crippen LogP contribution in [-0.2, 0) is 20.9 Å². The van der Waals surface area contributed by atoms with E-state index in [1.165, 1.54) is 6.92 Å². The Bertz CT molecular complexity index is 1010. The van der Waals surface area contributed by atoms with Gasteiger partial charge in [0.05, 0.1) is 24.5 Å². The van der Waals surface area contributed by atoms with Gasteiger partial charge in [-0.05, 0) is 37.0 Å². The number of aromatic nitrogens is 1. The Kier molecular flexibility index (Phi) is 5.76. The highest BCUT2D eigenvalue weighted by Gasteiger charge is 2.50. The number of aryl methyl sites for hydroxylation is 2. The number of rotatable bonds is 4. The fraction of sp³-hybridized carbons (Fsp3) is 0.417. The number of nitrogens with one attached hydrogen (secondary N) is 1. The fourth-order valence-electron chi connectivity index (χ4n) is 4.69. The Morgan fingerprint density at radius 1 is 1.19 bits per heavy atom. The molecule has 0 spiro atoms. The van der Waals surface area contributed by atoms with Gasteiger partial charge in [0, 0.05) is 31.9 Å². The van der Waals surface area contributed by atoms with E-state index < -0.39 is 0 Å². The molecule has 4 rings (SSSR count). The molecule has 1 aromatic carbocycles. The van der Waals surface area contributed by atoms with Crippen molar-refractivity contribution in [3.05, 3.63) is 65.0 Å². The van der Waals surface area contributed by atoms with Crippen LogP contribution in [0.3, 0.4) is 0 Å². The number of carbonyl (C=O) groups is 3. The lowest BCUT2D eigenvalue weighted by Gasteiger charge is -2.39. The average molecular weight is 421 g/mol. The van der Waals surface area contributed by atoms with E-state index in [9.17, 15) is 14.4 Å². The molecule has 0 aliphatic carbocycles. The third-order valence-corrected chi connectivity index (χ3v) is 6.43. The topological polar surface area (TPSA) is 82.6 Å². The molecule has 7 nitrogen and oxygen atoms in total. The highest BCUT2D eigenvalue weighted by Crippen LogP contribution is 2.43. The van der Waals surface area contributed by atoms with E-state index in [4.69, 9.17) is 0 Å². The van der Waals surface area contributed by atoms with Crippen LogP contribution in [-0.4, -0.2) is 51.6 Å². The lowest BCUT2D eigenvalue weighted by atomic mass is 9.92. The maximum absolute atomic E-state index is 13.3. The largest absolute Gasteiger partial charge is 0.352 e. The summed E-state index contributed by atoms with van der Waals surface area (Å²) in [6.45, 7) is 6.36. The van der Waals surface area contributed by atoms with Gasteiger partial charge in [-0.15, -0.1) is 0 Å². The normalized spacial score (nSPS) is 22.9. The number of pyridine rings is 1. The number of benzene rings is 1. The summed E-state index contributed by atoms with van der Waals surface area (Å²) in [5.41, 5.74) is 3.95. The van der Waals surface area contributed by atoms with Crippen molar-refractivity contribution in [2.75, 3.05) is 13.1 Å². The van der Waals surface area contributed by atoms with Crippen LogP contribution in [0.4, 0.5) is 0 Å². The first-order valence-electron chi connectivity index (χ1n) is 10.7. The van der Waals surface area contributed by atoms with E-state index in [1.54, 1.807) is 11.1 Å². The maximum Gasteiger partial charge on any atom is 0.243 e. The van der Waals surface area contributed by atoms with Crippen LogP contribution >= 0.6 is 0 Å². The molecule has 1 N–H and O–H groups in total. The number of nitrogens with zero attached hydrogens (tertiary/aromatic N) is 3. The van der Waals surface area contributed by atoms with Gasteiger partial charge in [0.1, 0.15) is 0 Å². The summed E-state index contributed by atoms with van der Waals surface area (Å²) < 4.78 is 0. The summed E-state index contributed by atoms with van der Waals surface area (Å²) in [5.74, 6) is -0.667. The van der Waals surface area contributed by atoms with Gasteiger partial charge in [-0.25, -0.2) is 0 Å². The molecule has 3 atom stereocenters. The van der Waals surface area contributed by atoms with E-state index in [1.807, 2.05) is 55.1 Å². The van der Waals surface area contributed by atoms with Gasteiger partial charge in [0.25, 0.3) is 0 Å². The summed E-state index contributed by atoms with van der Waals surface area (Å²) >= 11 is 0. The number of hydrogen-bond donors (Lipinski definition) is 1. The molecule has 2 aliphatic rings. The molecule has 0 radical (unpaired) electrons. The van der Waals surface area contributed by atoms with E-state index >= 15 is 0 Å². The summed E-state index contributed by atoms with van der Waals surface area (Å²) in [4.78, 5) is 45.9. The molecular weight excluding hydrogens is 392 g/mol. The van der Waals surface area contributed by atoms with Crippen molar-refractivity contribution in [3.63, 3.8) is 0 Å². The molecule has 3 heterocycles. The number of fused-ring (bicyclic) bond motifs is 1. The minimum atomic E-state index is -0.372. The van der Waals surface area contributed by atoms with Gasteiger partial charge in [0.15, 0.2) is 0 Å². The first-order chi connectivity index (χ1) is 14.8. The quantitative estimate of drug-likeness (QED) is 0.822. The summed E-state index contributed by atoms with van der Waals surface area (Å²) in [7, 11) is 0. The van der Waals surface area contributed by atoms with Crippen LogP contribution in [0.1, 0.15) is 41.8 Å². The second-order valence-corrected chi connectivity index (χ2v) is 8.52. The zero-order valence-electron chi connectivity index (χ0n) is 18.2. The van der Waals surface area contributed by atoms with Crippen molar-refractivity contribution < 1.29 is 14.4 Å².